The number of thioether (sulfide) groups is 1. The molecule has 1 aliphatic heterocycles. The average Bonchev–Trinajstić information content (AvgIpc) is 3.62. The fourth-order valence-electron chi connectivity index (χ4n) is 4.78. The number of nitro benzene ring substituents is 1. The number of non-ortho nitro benzene ring substituents is 1. The summed E-state index contributed by atoms with van der Waals surface area (Å²) in [5.74, 6) is -0.535. The second-order valence-corrected chi connectivity index (χ2v) is 11.1. The highest BCUT2D eigenvalue weighted by Crippen LogP contribution is 2.33. The van der Waals surface area contributed by atoms with Gasteiger partial charge in [-0.15, -0.1) is 0 Å². The Morgan fingerprint density at radius 2 is 1.71 bits per heavy atom. The van der Waals surface area contributed by atoms with Gasteiger partial charge in [0, 0.05) is 19.2 Å². The molecular weight excluding hydrogens is 598 g/mol. The number of carbonyl (C=O) groups is 3. The zero-order valence-electron chi connectivity index (χ0n) is 24.7. The van der Waals surface area contributed by atoms with Crippen LogP contribution in [0.25, 0.3) is 17.1 Å². The molecule has 1 fully saturated rings. The predicted molar refractivity (Wildman–Crippen MR) is 173 cm³/mol. The number of hydrogen-bond acceptors (Lipinski definition) is 11. The van der Waals surface area contributed by atoms with Crippen LogP contribution in [-0.4, -0.2) is 50.3 Å². The Labute approximate surface area is 263 Å². The number of rotatable bonds is 13. The van der Waals surface area contributed by atoms with Crippen molar-refractivity contribution < 1.29 is 23.9 Å². The maximum atomic E-state index is 13.0. The van der Waals surface area contributed by atoms with E-state index in [1.807, 2.05) is 24.3 Å². The molecule has 3 aromatic carbocycles. The summed E-state index contributed by atoms with van der Waals surface area (Å²) in [6, 6.07) is 17.6. The molecule has 13 nitrogen and oxygen atoms in total. The molecule has 0 bridgehead atoms. The smallest absolute Gasteiger partial charge is 0.300 e. The molecule has 2 heterocycles. The van der Waals surface area contributed by atoms with Gasteiger partial charge >= 0.3 is 5.69 Å². The summed E-state index contributed by atoms with van der Waals surface area (Å²) in [6.45, 7) is 2.89. The van der Waals surface area contributed by atoms with Crippen molar-refractivity contribution in [3.05, 3.63) is 92.4 Å². The van der Waals surface area contributed by atoms with Crippen molar-refractivity contribution in [3.8, 4) is 0 Å². The van der Waals surface area contributed by atoms with Gasteiger partial charge < -0.3 is 16.8 Å². The number of amides is 3. The number of nitrogens with one attached hydrogen (secondary N) is 2. The Morgan fingerprint density at radius 1 is 0.978 bits per heavy atom. The van der Waals surface area contributed by atoms with Crippen molar-refractivity contribution >= 4 is 63.0 Å². The lowest BCUT2D eigenvalue weighted by molar-refractivity contribution is -0.383. The number of fused-ring (bicyclic) bond motifs is 1. The standard InChI is InChI=1S/C31H30N6O6S.H3N/c1-2-20-11-13-21(14-12-20)19-26-30(39)36(31(40)44-26)18-8-4-3-7-17-32-29(38)22-9-5-6-10-23(22)33-24-15-16-25(37(41)42)28-27(24)34-43-35-28;/h5-6,9-16,19,33H,2-4,7-8,17-18H2,1H3,(H,32,38);1H3/b26-19-;. The van der Waals surface area contributed by atoms with Crippen molar-refractivity contribution in [2.45, 2.75) is 39.0 Å². The minimum atomic E-state index is -0.566. The molecule has 0 radical (unpaired) electrons. The minimum absolute atomic E-state index is 0. The molecule has 0 aliphatic carbocycles. The number of nitrogens with zero attached hydrogens (tertiary/aromatic N) is 4. The summed E-state index contributed by atoms with van der Waals surface area (Å²) < 4.78 is 4.71. The Morgan fingerprint density at radius 3 is 2.47 bits per heavy atom. The lowest BCUT2D eigenvalue weighted by Gasteiger charge is -2.13. The monoisotopic (exact) mass is 631 g/mol. The molecule has 14 heteroatoms. The van der Waals surface area contributed by atoms with Crippen LogP contribution in [0, 0.1) is 10.1 Å². The van der Waals surface area contributed by atoms with Crippen LogP contribution in [0.4, 0.5) is 21.9 Å². The van der Waals surface area contributed by atoms with Gasteiger partial charge in [0.05, 0.1) is 26.8 Å². The summed E-state index contributed by atoms with van der Waals surface area (Å²) in [6.07, 6.45) is 5.72. The minimum Gasteiger partial charge on any atom is -0.353 e. The SMILES string of the molecule is CCc1ccc(/C=C2\SC(=O)N(CCCCCCNC(=O)c3ccccc3Nc3ccc([N+](=O)[O-])c4nonc34)C2=O)cc1.N. The van der Waals surface area contributed by atoms with Crippen LogP contribution >= 0.6 is 11.8 Å². The molecule has 234 valence electrons. The summed E-state index contributed by atoms with van der Waals surface area (Å²) in [5.41, 5.74) is 3.36. The third-order valence-corrected chi connectivity index (χ3v) is 8.09. The lowest BCUT2D eigenvalue weighted by atomic mass is 10.1. The van der Waals surface area contributed by atoms with E-state index in [2.05, 4.69) is 27.9 Å². The van der Waals surface area contributed by atoms with Gasteiger partial charge in [0.1, 0.15) is 0 Å². The number of aryl methyl sites for hydroxylation is 1. The van der Waals surface area contributed by atoms with E-state index in [0.717, 1.165) is 43.0 Å². The van der Waals surface area contributed by atoms with Crippen molar-refractivity contribution in [2.24, 2.45) is 0 Å². The van der Waals surface area contributed by atoms with Gasteiger partial charge in [0.25, 0.3) is 17.1 Å². The largest absolute Gasteiger partial charge is 0.353 e. The number of hydrogen-bond donors (Lipinski definition) is 3. The number of anilines is 2. The molecule has 5 N–H and O–H groups in total. The first-order valence-corrected chi connectivity index (χ1v) is 15.1. The van der Waals surface area contributed by atoms with E-state index in [9.17, 15) is 24.5 Å². The number of benzene rings is 3. The quantitative estimate of drug-likeness (QED) is 0.0620. The molecule has 0 saturated carbocycles. The van der Waals surface area contributed by atoms with Crippen molar-refractivity contribution in [1.82, 2.24) is 26.7 Å². The van der Waals surface area contributed by atoms with E-state index in [4.69, 9.17) is 4.63 Å². The fraction of sp³-hybridized carbons (Fsp3) is 0.258. The van der Waals surface area contributed by atoms with Gasteiger partial charge in [0.2, 0.25) is 5.52 Å². The van der Waals surface area contributed by atoms with Gasteiger partial charge in [-0.3, -0.25) is 29.4 Å². The Hall–Kier alpha value is -5.08. The zero-order chi connectivity index (χ0) is 31.1. The molecule has 1 aliphatic rings. The third-order valence-electron chi connectivity index (χ3n) is 7.19. The first kappa shape index (κ1) is 32.8. The highest BCUT2D eigenvalue weighted by atomic mass is 32.2. The zero-order valence-corrected chi connectivity index (χ0v) is 25.5. The molecule has 0 atom stereocenters. The second kappa shape index (κ2) is 15.1. The van der Waals surface area contributed by atoms with E-state index in [1.165, 1.54) is 22.6 Å². The fourth-order valence-corrected chi connectivity index (χ4v) is 5.64. The molecule has 5 rings (SSSR count). The van der Waals surface area contributed by atoms with Crippen LogP contribution in [0.3, 0.4) is 0 Å². The van der Waals surface area contributed by atoms with Crippen LogP contribution in [0.2, 0.25) is 0 Å². The van der Waals surface area contributed by atoms with Gasteiger partial charge in [0.15, 0.2) is 5.52 Å². The van der Waals surface area contributed by atoms with Gasteiger partial charge in [-0.2, -0.15) is 0 Å². The summed E-state index contributed by atoms with van der Waals surface area (Å²) >= 11 is 0.971. The van der Waals surface area contributed by atoms with Crippen molar-refractivity contribution in [1.29, 1.82) is 0 Å². The van der Waals surface area contributed by atoms with Crippen LogP contribution in [0.15, 0.2) is 70.2 Å². The summed E-state index contributed by atoms with van der Waals surface area (Å²) in [5, 5.41) is 24.5. The molecule has 0 spiro atoms. The number of imide groups is 1. The van der Waals surface area contributed by atoms with E-state index in [-0.39, 0.29) is 39.9 Å². The second-order valence-electron chi connectivity index (χ2n) is 10.1. The van der Waals surface area contributed by atoms with Gasteiger partial charge in [-0.25, -0.2) is 4.63 Å². The maximum absolute atomic E-state index is 13.0. The number of aromatic nitrogens is 2. The topological polar surface area (TPSA) is 196 Å². The molecule has 4 aromatic rings. The molecule has 1 aromatic heterocycles. The van der Waals surface area contributed by atoms with Gasteiger partial charge in [-0.1, -0.05) is 56.2 Å². The van der Waals surface area contributed by atoms with Crippen molar-refractivity contribution in [3.63, 3.8) is 0 Å². The number of nitro groups is 1. The Bertz CT molecular complexity index is 1740. The van der Waals surface area contributed by atoms with E-state index in [1.54, 1.807) is 30.3 Å². The van der Waals surface area contributed by atoms with Crippen LogP contribution in [0.1, 0.15) is 54.1 Å². The molecule has 3 amide bonds. The van der Waals surface area contributed by atoms with E-state index in [0.29, 0.717) is 41.4 Å². The number of carbonyl (C=O) groups excluding carboxylic acids is 3. The van der Waals surface area contributed by atoms with E-state index < -0.39 is 4.92 Å². The van der Waals surface area contributed by atoms with Gasteiger partial charge in [-0.05, 0) is 76.7 Å². The normalized spacial score (nSPS) is 13.7. The molecule has 0 unspecified atom stereocenters. The molecule has 45 heavy (non-hydrogen) atoms. The van der Waals surface area contributed by atoms with E-state index >= 15 is 0 Å². The summed E-state index contributed by atoms with van der Waals surface area (Å²) in [4.78, 5) is 50.6. The lowest BCUT2D eigenvalue weighted by Crippen LogP contribution is -2.29. The Balaban J connectivity index is 0.00000461. The maximum Gasteiger partial charge on any atom is 0.300 e. The molecular formula is C31H33N7O6S. The van der Waals surface area contributed by atoms with Crippen molar-refractivity contribution in [2.75, 3.05) is 18.4 Å². The average molecular weight is 632 g/mol. The van der Waals surface area contributed by atoms with Crippen LogP contribution in [-0.2, 0) is 11.2 Å². The summed E-state index contributed by atoms with van der Waals surface area (Å²) in [7, 11) is 0. The third kappa shape index (κ3) is 7.72. The highest BCUT2D eigenvalue weighted by molar-refractivity contribution is 8.18. The molecule has 1 saturated heterocycles. The predicted octanol–water partition coefficient (Wildman–Crippen LogP) is 6.63. The van der Waals surface area contributed by atoms with Crippen LogP contribution in [0.5, 0.6) is 0 Å². The number of para-hydroxylation sites is 1. The highest BCUT2D eigenvalue weighted by Gasteiger charge is 2.34. The number of unbranched alkanes of at least 4 members (excludes halogenated alkanes) is 3. The first-order valence-electron chi connectivity index (χ1n) is 14.2. The first-order chi connectivity index (χ1) is 21.4. The Kier molecular flexibility index (Phi) is 11.0. The van der Waals surface area contributed by atoms with Crippen LogP contribution < -0.4 is 16.8 Å².